The van der Waals surface area contributed by atoms with E-state index in [1.165, 1.54) is 37.9 Å². The minimum atomic E-state index is 0.734. The Morgan fingerprint density at radius 2 is 1.82 bits per heavy atom. The Morgan fingerprint density at radius 1 is 1.00 bits per heavy atom. The molecular formula is C22H31N5S. The van der Waals surface area contributed by atoms with Crippen LogP contribution in [-0.2, 0) is 5.75 Å². The molecule has 0 spiro atoms. The van der Waals surface area contributed by atoms with Crippen molar-refractivity contribution in [3.05, 3.63) is 48.3 Å². The molecular weight excluding hydrogens is 366 g/mol. The van der Waals surface area contributed by atoms with Crippen molar-refractivity contribution in [1.82, 2.24) is 19.8 Å². The summed E-state index contributed by atoms with van der Waals surface area (Å²) in [6.45, 7) is 6.79. The van der Waals surface area contributed by atoms with E-state index in [-0.39, 0.29) is 0 Å². The first-order chi connectivity index (χ1) is 13.8. The number of piperazine rings is 1. The maximum Gasteiger partial charge on any atom is 0.148 e. The van der Waals surface area contributed by atoms with Crippen molar-refractivity contribution in [2.24, 2.45) is 0 Å². The van der Waals surface area contributed by atoms with E-state index in [9.17, 15) is 0 Å². The van der Waals surface area contributed by atoms with E-state index in [1.807, 2.05) is 12.4 Å². The minimum absolute atomic E-state index is 0.734. The predicted octanol–water partition coefficient (Wildman–Crippen LogP) is 3.38. The minimum Gasteiger partial charge on any atom is -0.353 e. The number of hydrogen-bond acceptors (Lipinski definition) is 6. The smallest absolute Gasteiger partial charge is 0.148 e. The van der Waals surface area contributed by atoms with Crippen LogP contribution in [0, 0.1) is 0 Å². The summed E-state index contributed by atoms with van der Waals surface area (Å²) in [6.07, 6.45) is 7.89. The van der Waals surface area contributed by atoms with Gasteiger partial charge < -0.3 is 9.80 Å². The van der Waals surface area contributed by atoms with Gasteiger partial charge in [0.15, 0.2) is 0 Å². The molecule has 0 saturated carbocycles. The van der Waals surface area contributed by atoms with E-state index >= 15 is 0 Å². The lowest BCUT2D eigenvalue weighted by molar-refractivity contribution is 0.124. The highest BCUT2D eigenvalue weighted by molar-refractivity contribution is 7.98. The van der Waals surface area contributed by atoms with Gasteiger partial charge in [-0.3, -0.25) is 9.88 Å². The Balaban J connectivity index is 1.28. The van der Waals surface area contributed by atoms with Gasteiger partial charge in [0.1, 0.15) is 10.8 Å². The Kier molecular flexibility index (Phi) is 6.83. The molecule has 2 saturated heterocycles. The molecule has 2 aliphatic rings. The summed E-state index contributed by atoms with van der Waals surface area (Å²) in [5.41, 5.74) is 1.32. The maximum absolute atomic E-state index is 4.86. The largest absolute Gasteiger partial charge is 0.353 e. The van der Waals surface area contributed by atoms with Crippen molar-refractivity contribution in [2.75, 3.05) is 51.2 Å². The average molecular weight is 398 g/mol. The molecule has 5 nitrogen and oxygen atoms in total. The van der Waals surface area contributed by atoms with Gasteiger partial charge >= 0.3 is 0 Å². The van der Waals surface area contributed by atoms with E-state index in [0.717, 1.165) is 48.8 Å². The van der Waals surface area contributed by atoms with Crippen LogP contribution in [0.4, 0.5) is 5.82 Å². The number of aromatic nitrogens is 2. The Labute approximate surface area is 173 Å². The van der Waals surface area contributed by atoms with Crippen LogP contribution in [0.1, 0.15) is 24.8 Å². The number of rotatable bonds is 6. The van der Waals surface area contributed by atoms with Gasteiger partial charge in [-0.2, -0.15) is 0 Å². The van der Waals surface area contributed by atoms with Gasteiger partial charge in [0.25, 0.3) is 0 Å². The highest BCUT2D eigenvalue weighted by Gasteiger charge is 2.24. The molecule has 1 aromatic carbocycles. The molecule has 2 aromatic rings. The summed E-state index contributed by atoms with van der Waals surface area (Å²) in [5, 5.41) is 1.01. The van der Waals surface area contributed by atoms with Crippen LogP contribution < -0.4 is 4.90 Å². The zero-order valence-electron chi connectivity index (χ0n) is 16.8. The number of nitrogens with zero attached hydrogens (tertiary/aromatic N) is 5. The van der Waals surface area contributed by atoms with Crippen molar-refractivity contribution in [3.63, 3.8) is 0 Å². The molecule has 0 radical (unpaired) electrons. The Hall–Kier alpha value is -1.63. The van der Waals surface area contributed by atoms with Gasteiger partial charge in [-0.05, 0) is 32.0 Å². The van der Waals surface area contributed by atoms with E-state index in [0.29, 0.717) is 0 Å². The van der Waals surface area contributed by atoms with Crippen LogP contribution in [0.2, 0.25) is 0 Å². The number of thioether (sulfide) groups is 1. The van der Waals surface area contributed by atoms with Crippen LogP contribution in [0.15, 0.2) is 47.8 Å². The Bertz CT molecular complexity index is 733. The maximum atomic E-state index is 4.86. The SMILES string of the molecule is CN1CCCCC1CN1CCN(c2cncc(SCc3ccccc3)n2)CC1. The van der Waals surface area contributed by atoms with Gasteiger partial charge in [-0.15, -0.1) is 11.8 Å². The van der Waals surface area contributed by atoms with E-state index in [4.69, 9.17) is 4.98 Å². The third kappa shape index (κ3) is 5.25. The lowest BCUT2D eigenvalue weighted by Crippen LogP contribution is -2.52. The number of anilines is 1. The standard InChI is InChI=1S/C22H31N5S/c1-25-10-6-5-9-20(25)17-26-11-13-27(14-12-26)21-15-23-16-22(24-21)28-18-19-7-3-2-4-8-19/h2-4,7-8,15-16,20H,5-6,9-14,17-18H2,1H3. The molecule has 4 rings (SSSR count). The molecule has 150 valence electrons. The van der Waals surface area contributed by atoms with Crippen LogP contribution in [0.3, 0.4) is 0 Å². The first-order valence-corrected chi connectivity index (χ1v) is 11.4. The van der Waals surface area contributed by atoms with Gasteiger partial charge in [0.2, 0.25) is 0 Å². The van der Waals surface area contributed by atoms with Crippen LogP contribution in [0.5, 0.6) is 0 Å². The number of likely N-dealkylation sites (tertiary alicyclic amines) is 1. The molecule has 3 heterocycles. The zero-order chi connectivity index (χ0) is 19.2. The first kappa shape index (κ1) is 19.7. The monoisotopic (exact) mass is 397 g/mol. The number of benzene rings is 1. The summed E-state index contributed by atoms with van der Waals surface area (Å²) in [4.78, 5) is 16.9. The average Bonchev–Trinajstić information content (AvgIpc) is 2.75. The second kappa shape index (κ2) is 9.72. The Morgan fingerprint density at radius 3 is 2.61 bits per heavy atom. The van der Waals surface area contributed by atoms with Gasteiger partial charge in [-0.1, -0.05) is 36.8 Å². The van der Waals surface area contributed by atoms with Gasteiger partial charge in [0.05, 0.1) is 12.4 Å². The summed E-state index contributed by atoms with van der Waals surface area (Å²) < 4.78 is 0. The topological polar surface area (TPSA) is 35.5 Å². The molecule has 1 atom stereocenters. The van der Waals surface area contributed by atoms with Crippen LogP contribution in [0.25, 0.3) is 0 Å². The van der Waals surface area contributed by atoms with Gasteiger partial charge in [-0.25, -0.2) is 4.98 Å². The molecule has 0 N–H and O–H groups in total. The van der Waals surface area contributed by atoms with Crippen LogP contribution in [-0.4, -0.2) is 72.1 Å². The second-order valence-electron chi connectivity index (χ2n) is 7.91. The molecule has 28 heavy (non-hydrogen) atoms. The normalized spacial score (nSPS) is 21.8. The van der Waals surface area contributed by atoms with Crippen molar-refractivity contribution >= 4 is 17.6 Å². The lowest BCUT2D eigenvalue weighted by Gasteiger charge is -2.40. The highest BCUT2D eigenvalue weighted by Crippen LogP contribution is 2.23. The number of likely N-dealkylation sites (N-methyl/N-ethyl adjacent to an activating group) is 1. The first-order valence-electron chi connectivity index (χ1n) is 10.4. The fourth-order valence-electron chi connectivity index (χ4n) is 4.12. The molecule has 0 bridgehead atoms. The molecule has 0 amide bonds. The fourth-order valence-corrected chi connectivity index (χ4v) is 4.92. The van der Waals surface area contributed by atoms with E-state index in [2.05, 4.69) is 57.1 Å². The highest BCUT2D eigenvalue weighted by atomic mass is 32.2. The van der Waals surface area contributed by atoms with Crippen molar-refractivity contribution in [2.45, 2.75) is 36.1 Å². The second-order valence-corrected chi connectivity index (χ2v) is 8.90. The molecule has 2 aliphatic heterocycles. The number of piperidine rings is 1. The molecule has 1 unspecified atom stereocenters. The third-order valence-electron chi connectivity index (χ3n) is 5.92. The lowest BCUT2D eigenvalue weighted by atomic mass is 10.0. The van der Waals surface area contributed by atoms with Crippen molar-refractivity contribution in [3.8, 4) is 0 Å². The fraction of sp³-hybridized carbons (Fsp3) is 0.545. The van der Waals surface area contributed by atoms with E-state index in [1.54, 1.807) is 11.8 Å². The summed E-state index contributed by atoms with van der Waals surface area (Å²) >= 11 is 1.76. The predicted molar refractivity (Wildman–Crippen MR) is 117 cm³/mol. The quantitative estimate of drug-likeness (QED) is 0.696. The van der Waals surface area contributed by atoms with Gasteiger partial charge in [0, 0.05) is 44.5 Å². The molecule has 0 aliphatic carbocycles. The summed E-state index contributed by atoms with van der Waals surface area (Å²) in [7, 11) is 2.29. The molecule has 2 fully saturated rings. The van der Waals surface area contributed by atoms with Crippen molar-refractivity contribution in [1.29, 1.82) is 0 Å². The molecule has 6 heteroatoms. The van der Waals surface area contributed by atoms with Crippen LogP contribution >= 0.6 is 11.8 Å². The zero-order valence-corrected chi connectivity index (χ0v) is 17.7. The third-order valence-corrected chi connectivity index (χ3v) is 6.89. The summed E-state index contributed by atoms with van der Waals surface area (Å²) in [5.74, 6) is 1.95. The number of hydrogen-bond donors (Lipinski definition) is 0. The summed E-state index contributed by atoms with van der Waals surface area (Å²) in [6, 6.07) is 11.3. The molecule has 1 aromatic heterocycles. The van der Waals surface area contributed by atoms with E-state index < -0.39 is 0 Å². The van der Waals surface area contributed by atoms with Crippen molar-refractivity contribution < 1.29 is 0 Å².